The van der Waals surface area contributed by atoms with Crippen LogP contribution in [0.3, 0.4) is 0 Å². The summed E-state index contributed by atoms with van der Waals surface area (Å²) in [6, 6.07) is 12.6. The number of hydrogen-bond acceptors (Lipinski definition) is 4. The van der Waals surface area contributed by atoms with E-state index in [4.69, 9.17) is 4.42 Å². The van der Waals surface area contributed by atoms with Crippen molar-refractivity contribution >= 4 is 16.3 Å². The van der Waals surface area contributed by atoms with Gasteiger partial charge in [-0.05, 0) is 30.0 Å². The molecule has 6 heteroatoms. The number of aldehydes is 1. The van der Waals surface area contributed by atoms with Crippen molar-refractivity contribution in [2.75, 3.05) is 13.1 Å². The zero-order valence-electron chi connectivity index (χ0n) is 11.3. The van der Waals surface area contributed by atoms with Crippen molar-refractivity contribution in [2.24, 2.45) is 0 Å². The molecule has 1 aromatic carbocycles. The minimum atomic E-state index is -3.66. The second-order valence-corrected chi connectivity index (χ2v) is 6.90. The summed E-state index contributed by atoms with van der Waals surface area (Å²) in [5.74, 6) is 0.217. The van der Waals surface area contributed by atoms with Gasteiger partial charge in [-0.15, -0.1) is 0 Å². The van der Waals surface area contributed by atoms with E-state index in [0.717, 1.165) is 12.0 Å². The number of nitrogens with zero attached hydrogens (tertiary/aromatic N) is 1. The van der Waals surface area contributed by atoms with Gasteiger partial charge in [0.1, 0.15) is 0 Å². The largest absolute Gasteiger partial charge is 0.440 e. The highest BCUT2D eigenvalue weighted by molar-refractivity contribution is 7.89. The second kappa shape index (κ2) is 5.46. The van der Waals surface area contributed by atoms with Crippen LogP contribution in [0.25, 0.3) is 0 Å². The molecular weight excluding hydrogens is 290 g/mol. The van der Waals surface area contributed by atoms with Gasteiger partial charge in [-0.1, -0.05) is 30.3 Å². The van der Waals surface area contributed by atoms with Gasteiger partial charge < -0.3 is 4.42 Å². The highest BCUT2D eigenvalue weighted by Crippen LogP contribution is 2.31. The summed E-state index contributed by atoms with van der Waals surface area (Å²) in [5.41, 5.74) is 1.14. The lowest BCUT2D eigenvalue weighted by atomic mass is 9.99. The summed E-state index contributed by atoms with van der Waals surface area (Å²) in [4.78, 5) is 10.6. The van der Waals surface area contributed by atoms with Gasteiger partial charge in [-0.2, -0.15) is 4.31 Å². The molecule has 2 heterocycles. The summed E-state index contributed by atoms with van der Waals surface area (Å²) in [7, 11) is -3.66. The van der Waals surface area contributed by atoms with Crippen molar-refractivity contribution in [1.82, 2.24) is 4.31 Å². The fourth-order valence-electron chi connectivity index (χ4n) is 2.61. The SMILES string of the molecule is O=Cc1ccc(S(=O)(=O)N2CCC(c3ccccc3)C2)o1. The number of sulfonamides is 1. The highest BCUT2D eigenvalue weighted by atomic mass is 32.2. The Morgan fingerprint density at radius 2 is 1.90 bits per heavy atom. The predicted molar refractivity (Wildman–Crippen MR) is 76.7 cm³/mol. The molecule has 0 N–H and O–H groups in total. The lowest BCUT2D eigenvalue weighted by molar-refractivity contribution is 0.109. The Bertz CT molecular complexity index is 736. The maximum absolute atomic E-state index is 12.5. The van der Waals surface area contributed by atoms with Crippen LogP contribution >= 0.6 is 0 Å². The molecule has 1 unspecified atom stereocenters. The van der Waals surface area contributed by atoms with E-state index in [2.05, 4.69) is 0 Å². The van der Waals surface area contributed by atoms with Crippen LogP contribution in [0.4, 0.5) is 0 Å². The molecule has 1 fully saturated rings. The van der Waals surface area contributed by atoms with Crippen molar-refractivity contribution in [3.05, 3.63) is 53.8 Å². The fourth-order valence-corrected chi connectivity index (χ4v) is 4.03. The van der Waals surface area contributed by atoms with Gasteiger partial charge in [0.15, 0.2) is 12.0 Å². The van der Waals surface area contributed by atoms with Crippen molar-refractivity contribution in [2.45, 2.75) is 17.4 Å². The molecule has 5 nitrogen and oxygen atoms in total. The summed E-state index contributed by atoms with van der Waals surface area (Å²) in [6.07, 6.45) is 1.28. The predicted octanol–water partition coefficient (Wildman–Crippen LogP) is 2.27. The number of carbonyl (C=O) groups excluding carboxylic acids is 1. The molecule has 1 saturated heterocycles. The minimum Gasteiger partial charge on any atom is -0.440 e. The van der Waals surface area contributed by atoms with E-state index in [-0.39, 0.29) is 16.8 Å². The maximum atomic E-state index is 12.5. The van der Waals surface area contributed by atoms with E-state index < -0.39 is 10.0 Å². The average Bonchev–Trinajstić information content (AvgIpc) is 3.18. The fraction of sp³-hybridized carbons (Fsp3) is 0.267. The summed E-state index contributed by atoms with van der Waals surface area (Å²) in [6.45, 7) is 0.891. The molecule has 0 bridgehead atoms. The van der Waals surface area contributed by atoms with Crippen LogP contribution in [0.2, 0.25) is 0 Å². The first kappa shape index (κ1) is 14.0. The molecule has 21 heavy (non-hydrogen) atoms. The lowest BCUT2D eigenvalue weighted by Gasteiger charge is -2.15. The standard InChI is InChI=1S/C15H15NO4S/c17-11-14-6-7-15(20-14)21(18,19)16-9-8-13(10-16)12-4-2-1-3-5-12/h1-7,11,13H,8-10H2. The Kier molecular flexibility index (Phi) is 3.65. The quantitative estimate of drug-likeness (QED) is 0.813. The van der Waals surface area contributed by atoms with E-state index >= 15 is 0 Å². The van der Waals surface area contributed by atoms with Gasteiger partial charge in [0.05, 0.1) is 0 Å². The van der Waals surface area contributed by atoms with Crippen molar-refractivity contribution < 1.29 is 17.6 Å². The molecule has 1 aliphatic heterocycles. The van der Waals surface area contributed by atoms with Gasteiger partial charge in [-0.3, -0.25) is 4.79 Å². The Morgan fingerprint density at radius 3 is 2.57 bits per heavy atom. The number of benzene rings is 1. The smallest absolute Gasteiger partial charge is 0.276 e. The molecule has 2 aromatic rings. The van der Waals surface area contributed by atoms with Crippen LogP contribution in [-0.4, -0.2) is 32.1 Å². The molecule has 0 aliphatic carbocycles. The number of furan rings is 1. The Morgan fingerprint density at radius 1 is 1.14 bits per heavy atom. The van der Waals surface area contributed by atoms with Crippen molar-refractivity contribution in [3.63, 3.8) is 0 Å². The topological polar surface area (TPSA) is 67.6 Å². The number of hydrogen-bond donors (Lipinski definition) is 0. The Hall–Kier alpha value is -1.92. The Labute approximate surface area is 123 Å². The molecule has 0 saturated carbocycles. The molecular formula is C15H15NO4S. The zero-order chi connectivity index (χ0) is 14.9. The highest BCUT2D eigenvalue weighted by Gasteiger charge is 2.34. The van der Waals surface area contributed by atoms with E-state index in [0.29, 0.717) is 19.4 Å². The van der Waals surface area contributed by atoms with Gasteiger partial charge >= 0.3 is 0 Å². The second-order valence-electron chi connectivity index (χ2n) is 5.03. The first-order valence-corrected chi connectivity index (χ1v) is 8.15. The number of carbonyl (C=O) groups is 1. The molecule has 0 spiro atoms. The van der Waals surface area contributed by atoms with Crippen LogP contribution < -0.4 is 0 Å². The third kappa shape index (κ3) is 2.64. The first-order chi connectivity index (χ1) is 10.1. The molecule has 1 aliphatic rings. The van der Waals surface area contributed by atoms with E-state index in [1.165, 1.54) is 16.4 Å². The summed E-state index contributed by atoms with van der Waals surface area (Å²) in [5, 5.41) is -0.168. The van der Waals surface area contributed by atoms with Crippen LogP contribution in [0.1, 0.15) is 28.5 Å². The van der Waals surface area contributed by atoms with Crippen LogP contribution in [0, 0.1) is 0 Å². The summed E-state index contributed by atoms with van der Waals surface area (Å²) < 4.78 is 31.4. The van der Waals surface area contributed by atoms with Gasteiger partial charge in [0.25, 0.3) is 10.0 Å². The monoisotopic (exact) mass is 305 g/mol. The van der Waals surface area contributed by atoms with E-state index in [1.807, 2.05) is 30.3 Å². The Balaban J connectivity index is 1.80. The molecule has 110 valence electrons. The third-order valence-corrected chi connectivity index (χ3v) is 5.47. The van der Waals surface area contributed by atoms with Crippen molar-refractivity contribution in [1.29, 1.82) is 0 Å². The molecule has 1 atom stereocenters. The first-order valence-electron chi connectivity index (χ1n) is 6.71. The minimum absolute atomic E-state index is 0.0207. The van der Waals surface area contributed by atoms with E-state index in [9.17, 15) is 13.2 Å². The van der Waals surface area contributed by atoms with Gasteiger partial charge in [0.2, 0.25) is 5.09 Å². The zero-order valence-corrected chi connectivity index (χ0v) is 12.1. The lowest BCUT2D eigenvalue weighted by Crippen LogP contribution is -2.28. The van der Waals surface area contributed by atoms with Gasteiger partial charge in [0, 0.05) is 13.1 Å². The molecule has 1 aromatic heterocycles. The molecule has 0 radical (unpaired) electrons. The van der Waals surface area contributed by atoms with E-state index in [1.54, 1.807) is 0 Å². The molecule has 3 rings (SSSR count). The van der Waals surface area contributed by atoms with Crippen LogP contribution in [0.15, 0.2) is 52.0 Å². The summed E-state index contributed by atoms with van der Waals surface area (Å²) >= 11 is 0. The van der Waals surface area contributed by atoms with Crippen LogP contribution in [-0.2, 0) is 10.0 Å². The van der Waals surface area contributed by atoms with Crippen molar-refractivity contribution in [3.8, 4) is 0 Å². The third-order valence-electron chi connectivity index (χ3n) is 3.73. The van der Waals surface area contributed by atoms with Crippen LogP contribution in [0.5, 0.6) is 0 Å². The molecule has 0 amide bonds. The average molecular weight is 305 g/mol. The van der Waals surface area contributed by atoms with Gasteiger partial charge in [-0.25, -0.2) is 8.42 Å². The number of rotatable bonds is 4. The maximum Gasteiger partial charge on any atom is 0.276 e. The normalized spacial score (nSPS) is 19.7.